The lowest BCUT2D eigenvalue weighted by molar-refractivity contribution is 1.31. The van der Waals surface area contributed by atoms with Gasteiger partial charge in [-0.1, -0.05) is 12.6 Å². The Kier molecular flexibility index (Phi) is 4.74. The highest BCUT2D eigenvalue weighted by molar-refractivity contribution is 5.59. The highest BCUT2D eigenvalue weighted by Crippen LogP contribution is 2.06. The molecule has 1 heterocycles. The first-order chi connectivity index (χ1) is 5.30. The Bertz CT molecular complexity index is 214. The smallest absolute Gasteiger partial charge is 0.0342 e. The van der Waals surface area contributed by atoms with Crippen molar-refractivity contribution >= 4 is 5.57 Å². The molecule has 1 nitrogen and oxygen atoms in total. The molecular formula is C10H13N. The van der Waals surface area contributed by atoms with Crippen molar-refractivity contribution < 1.29 is 0 Å². The second-order valence-electron chi connectivity index (χ2n) is 2.02. The predicted octanol–water partition coefficient (Wildman–Crippen LogP) is 2.92. The van der Waals surface area contributed by atoms with Crippen molar-refractivity contribution in [3.05, 3.63) is 49.8 Å². The summed E-state index contributed by atoms with van der Waals surface area (Å²) >= 11 is 0. The number of allylic oxidation sites excluding steroid dienone is 1. The Morgan fingerprint density at radius 1 is 1.45 bits per heavy atom. The fraction of sp³-hybridized carbons (Fsp3) is 0.100. The van der Waals surface area contributed by atoms with Crippen LogP contribution in [0.4, 0.5) is 0 Å². The fourth-order valence-corrected chi connectivity index (χ4v) is 0.615. The van der Waals surface area contributed by atoms with Crippen LogP contribution in [0, 0.1) is 0 Å². The lowest BCUT2D eigenvalue weighted by atomic mass is 10.2. The topological polar surface area (TPSA) is 12.9 Å². The monoisotopic (exact) mass is 147 g/mol. The number of pyridine rings is 1. The Labute approximate surface area is 68.1 Å². The summed E-state index contributed by atoms with van der Waals surface area (Å²) in [7, 11) is 0. The Morgan fingerprint density at radius 2 is 2.09 bits per heavy atom. The number of hydrogen-bond acceptors (Lipinski definition) is 1. The zero-order valence-electron chi connectivity index (χ0n) is 6.88. The largest absolute Gasteiger partial charge is 0.264 e. The first-order valence-electron chi connectivity index (χ1n) is 3.36. The minimum absolute atomic E-state index is 1.06. The van der Waals surface area contributed by atoms with Gasteiger partial charge in [-0.3, -0.25) is 4.98 Å². The molecule has 1 rings (SSSR count). The average Bonchev–Trinajstić information content (AvgIpc) is 2.10. The number of nitrogens with zero attached hydrogens (tertiary/aromatic N) is 1. The van der Waals surface area contributed by atoms with Crippen LogP contribution in [0.1, 0.15) is 12.5 Å². The fourth-order valence-electron chi connectivity index (χ4n) is 0.615. The van der Waals surface area contributed by atoms with Crippen LogP contribution >= 0.6 is 0 Å². The van der Waals surface area contributed by atoms with Crippen molar-refractivity contribution in [1.82, 2.24) is 4.98 Å². The number of rotatable bonds is 1. The minimum atomic E-state index is 1.06. The minimum Gasteiger partial charge on any atom is -0.264 e. The number of hydrogen-bond donors (Lipinski definition) is 0. The van der Waals surface area contributed by atoms with Gasteiger partial charge in [0.15, 0.2) is 0 Å². The van der Waals surface area contributed by atoms with Crippen LogP contribution in [0.3, 0.4) is 0 Å². The standard InChI is InChI=1S/C8H9N.C2H4/c1-7(2)8-4-3-5-9-6-8;1-2/h3-6H,1H2,2H3;1-2H2. The molecule has 11 heavy (non-hydrogen) atoms. The van der Waals surface area contributed by atoms with Crippen LogP contribution < -0.4 is 0 Å². The van der Waals surface area contributed by atoms with E-state index in [-0.39, 0.29) is 0 Å². The maximum Gasteiger partial charge on any atom is 0.0342 e. The highest BCUT2D eigenvalue weighted by atomic mass is 14.6. The SMILES string of the molecule is C=C.C=C(C)c1cccnc1. The molecule has 1 aromatic rings. The predicted molar refractivity (Wildman–Crippen MR) is 50.2 cm³/mol. The van der Waals surface area contributed by atoms with Crippen molar-refractivity contribution in [2.75, 3.05) is 0 Å². The number of aromatic nitrogens is 1. The summed E-state index contributed by atoms with van der Waals surface area (Å²) in [6.07, 6.45) is 3.56. The molecule has 0 fully saturated rings. The Hall–Kier alpha value is -1.37. The van der Waals surface area contributed by atoms with E-state index in [1.54, 1.807) is 6.20 Å². The third kappa shape index (κ3) is 3.36. The molecule has 0 saturated carbocycles. The van der Waals surface area contributed by atoms with Crippen molar-refractivity contribution in [3.63, 3.8) is 0 Å². The third-order valence-corrected chi connectivity index (χ3v) is 1.15. The van der Waals surface area contributed by atoms with E-state index in [4.69, 9.17) is 0 Å². The van der Waals surface area contributed by atoms with Crippen LogP contribution in [0.2, 0.25) is 0 Å². The Balaban J connectivity index is 0.000000461. The summed E-state index contributed by atoms with van der Waals surface area (Å²) < 4.78 is 0. The maximum absolute atomic E-state index is 3.95. The van der Waals surface area contributed by atoms with Gasteiger partial charge >= 0.3 is 0 Å². The van der Waals surface area contributed by atoms with Gasteiger partial charge in [-0.25, -0.2) is 0 Å². The summed E-state index contributed by atoms with van der Waals surface area (Å²) in [4.78, 5) is 3.95. The maximum atomic E-state index is 3.95. The lowest BCUT2D eigenvalue weighted by Crippen LogP contribution is -1.76. The van der Waals surface area contributed by atoms with Crippen molar-refractivity contribution in [1.29, 1.82) is 0 Å². The van der Waals surface area contributed by atoms with Gasteiger partial charge in [-0.15, -0.1) is 13.2 Å². The molecule has 0 amide bonds. The van der Waals surface area contributed by atoms with Gasteiger partial charge in [-0.05, 0) is 24.1 Å². The Morgan fingerprint density at radius 3 is 2.36 bits per heavy atom. The van der Waals surface area contributed by atoms with Gasteiger partial charge in [-0.2, -0.15) is 0 Å². The summed E-state index contributed by atoms with van der Waals surface area (Å²) in [6.45, 7) is 11.8. The van der Waals surface area contributed by atoms with Gasteiger partial charge in [0.1, 0.15) is 0 Å². The van der Waals surface area contributed by atoms with Crippen LogP contribution in [0.25, 0.3) is 5.57 Å². The summed E-state index contributed by atoms with van der Waals surface area (Å²) in [6, 6.07) is 3.90. The first kappa shape index (κ1) is 9.63. The molecule has 0 aliphatic rings. The van der Waals surface area contributed by atoms with Crippen molar-refractivity contribution in [3.8, 4) is 0 Å². The van der Waals surface area contributed by atoms with E-state index >= 15 is 0 Å². The molecule has 0 atom stereocenters. The molecule has 0 N–H and O–H groups in total. The third-order valence-electron chi connectivity index (χ3n) is 1.15. The molecule has 58 valence electrons. The molecule has 0 aliphatic carbocycles. The summed E-state index contributed by atoms with van der Waals surface area (Å²) in [5.41, 5.74) is 2.17. The van der Waals surface area contributed by atoms with E-state index in [9.17, 15) is 0 Å². The second-order valence-corrected chi connectivity index (χ2v) is 2.02. The zero-order valence-corrected chi connectivity index (χ0v) is 6.88. The second kappa shape index (κ2) is 5.42. The van der Waals surface area contributed by atoms with E-state index in [1.807, 2.05) is 25.3 Å². The molecule has 1 heteroatoms. The highest BCUT2D eigenvalue weighted by Gasteiger charge is 1.87. The average molecular weight is 147 g/mol. The van der Waals surface area contributed by atoms with Gasteiger partial charge in [0.25, 0.3) is 0 Å². The first-order valence-corrected chi connectivity index (χ1v) is 3.36. The van der Waals surface area contributed by atoms with E-state index in [0.717, 1.165) is 11.1 Å². The van der Waals surface area contributed by atoms with E-state index in [2.05, 4.69) is 24.7 Å². The summed E-state index contributed by atoms with van der Waals surface area (Å²) in [5, 5.41) is 0. The van der Waals surface area contributed by atoms with E-state index < -0.39 is 0 Å². The molecule has 0 aromatic carbocycles. The molecule has 0 bridgehead atoms. The molecule has 0 aliphatic heterocycles. The zero-order chi connectivity index (χ0) is 8.69. The van der Waals surface area contributed by atoms with Gasteiger partial charge < -0.3 is 0 Å². The van der Waals surface area contributed by atoms with Gasteiger partial charge in [0.05, 0.1) is 0 Å². The van der Waals surface area contributed by atoms with Crippen LogP contribution in [0.15, 0.2) is 44.3 Å². The normalized spacial score (nSPS) is 7.73. The molecular weight excluding hydrogens is 134 g/mol. The van der Waals surface area contributed by atoms with Crippen molar-refractivity contribution in [2.24, 2.45) is 0 Å². The van der Waals surface area contributed by atoms with Crippen LogP contribution in [-0.2, 0) is 0 Å². The molecule has 0 unspecified atom stereocenters. The van der Waals surface area contributed by atoms with Gasteiger partial charge in [0, 0.05) is 12.4 Å². The van der Waals surface area contributed by atoms with Crippen LogP contribution in [0.5, 0.6) is 0 Å². The quantitative estimate of drug-likeness (QED) is 0.556. The van der Waals surface area contributed by atoms with E-state index in [0.29, 0.717) is 0 Å². The molecule has 1 aromatic heterocycles. The molecule has 0 radical (unpaired) electrons. The lowest BCUT2D eigenvalue weighted by Gasteiger charge is -1.93. The van der Waals surface area contributed by atoms with Gasteiger partial charge in [0.2, 0.25) is 0 Å². The van der Waals surface area contributed by atoms with E-state index in [1.165, 1.54) is 0 Å². The van der Waals surface area contributed by atoms with Crippen molar-refractivity contribution in [2.45, 2.75) is 6.92 Å². The van der Waals surface area contributed by atoms with Crippen LogP contribution in [-0.4, -0.2) is 4.98 Å². The molecule has 0 saturated heterocycles. The summed E-state index contributed by atoms with van der Waals surface area (Å²) in [5.74, 6) is 0. The molecule has 0 spiro atoms.